The first-order chi connectivity index (χ1) is 7.22. The fourth-order valence-corrected chi connectivity index (χ4v) is 3.74. The van der Waals surface area contributed by atoms with Crippen molar-refractivity contribution < 1.29 is 21.4 Å². The Labute approximate surface area is 93.8 Å². The summed E-state index contributed by atoms with van der Waals surface area (Å²) in [6.07, 6.45) is 0. The molecule has 90 valence electrons. The molecule has 0 fully saturated rings. The summed E-state index contributed by atoms with van der Waals surface area (Å²) in [5.74, 6) is -1.54. The monoisotopic (exact) mass is 265 g/mol. The van der Waals surface area contributed by atoms with Crippen molar-refractivity contribution in [2.24, 2.45) is 0 Å². The number of benzene rings is 1. The molecule has 3 N–H and O–H groups in total. The number of hydrogen-bond acceptors (Lipinski definition) is 5. The van der Waals surface area contributed by atoms with Gasteiger partial charge in [0.05, 0.1) is 22.1 Å². The van der Waals surface area contributed by atoms with E-state index in [0.717, 1.165) is 0 Å². The zero-order chi connectivity index (χ0) is 12.4. The number of para-hydroxylation sites is 1. The van der Waals surface area contributed by atoms with Crippen LogP contribution in [0.1, 0.15) is 0 Å². The molecular formula is C8H11NO5S2. The predicted octanol–water partition coefficient (Wildman–Crippen LogP) is -0.0697. The molecule has 0 aliphatic rings. The van der Waals surface area contributed by atoms with Gasteiger partial charge in [-0.25, -0.2) is 8.42 Å². The first kappa shape index (κ1) is 12.9. The van der Waals surface area contributed by atoms with E-state index < -0.39 is 31.5 Å². The van der Waals surface area contributed by atoms with Crippen LogP contribution in [0.25, 0.3) is 0 Å². The van der Waals surface area contributed by atoms with E-state index in [-0.39, 0.29) is 10.6 Å². The van der Waals surface area contributed by atoms with Crippen molar-refractivity contribution in [3.05, 3.63) is 24.3 Å². The van der Waals surface area contributed by atoms with Crippen LogP contribution in [0.5, 0.6) is 0 Å². The Hall–Kier alpha value is -1.12. The highest BCUT2D eigenvalue weighted by atomic mass is 32.2. The molecule has 0 unspecified atom stereocenters. The highest BCUT2D eigenvalue weighted by molar-refractivity contribution is 7.93. The van der Waals surface area contributed by atoms with Crippen LogP contribution in [-0.2, 0) is 20.0 Å². The molecule has 0 atom stereocenters. The van der Waals surface area contributed by atoms with Crippen LogP contribution < -0.4 is 5.73 Å². The molecule has 0 bridgehead atoms. The molecule has 1 rings (SSSR count). The van der Waals surface area contributed by atoms with Crippen LogP contribution in [0.15, 0.2) is 29.2 Å². The SMILES string of the molecule is Nc1ccccc1S(=O)(=O)CCS(=O)(=O)O. The lowest BCUT2D eigenvalue weighted by Crippen LogP contribution is -2.17. The zero-order valence-electron chi connectivity index (χ0n) is 8.20. The van der Waals surface area contributed by atoms with E-state index in [4.69, 9.17) is 10.3 Å². The van der Waals surface area contributed by atoms with Gasteiger partial charge in [-0.3, -0.25) is 4.55 Å². The Bertz CT molecular complexity index is 576. The summed E-state index contributed by atoms with van der Waals surface area (Å²) in [5.41, 5.74) is 5.51. The number of hydrogen-bond donors (Lipinski definition) is 2. The van der Waals surface area contributed by atoms with E-state index >= 15 is 0 Å². The van der Waals surface area contributed by atoms with Crippen molar-refractivity contribution in [2.45, 2.75) is 4.90 Å². The van der Waals surface area contributed by atoms with E-state index in [9.17, 15) is 16.8 Å². The van der Waals surface area contributed by atoms with Crippen LogP contribution in [0.3, 0.4) is 0 Å². The largest absolute Gasteiger partial charge is 0.398 e. The molecule has 0 aliphatic heterocycles. The van der Waals surface area contributed by atoms with E-state index in [1.165, 1.54) is 18.2 Å². The number of nitrogens with two attached hydrogens (primary N) is 1. The molecule has 1 aromatic rings. The number of sulfone groups is 1. The molecule has 0 aliphatic carbocycles. The van der Waals surface area contributed by atoms with Crippen molar-refractivity contribution in [2.75, 3.05) is 17.2 Å². The minimum absolute atomic E-state index is 0.0536. The molecule has 0 radical (unpaired) electrons. The van der Waals surface area contributed by atoms with Gasteiger partial charge < -0.3 is 5.73 Å². The summed E-state index contributed by atoms with van der Waals surface area (Å²) < 4.78 is 52.7. The van der Waals surface area contributed by atoms with Gasteiger partial charge in [0.1, 0.15) is 0 Å². The predicted molar refractivity (Wildman–Crippen MR) is 59.3 cm³/mol. The lowest BCUT2D eigenvalue weighted by molar-refractivity contribution is 0.484. The van der Waals surface area contributed by atoms with Gasteiger partial charge in [0.25, 0.3) is 10.1 Å². The van der Waals surface area contributed by atoms with Crippen molar-refractivity contribution in [3.63, 3.8) is 0 Å². The molecule has 0 saturated heterocycles. The highest BCUT2D eigenvalue weighted by Gasteiger charge is 2.20. The van der Waals surface area contributed by atoms with Gasteiger partial charge in [0.2, 0.25) is 0 Å². The highest BCUT2D eigenvalue weighted by Crippen LogP contribution is 2.18. The summed E-state index contributed by atoms with van der Waals surface area (Å²) in [5, 5.41) is 0. The lowest BCUT2D eigenvalue weighted by atomic mass is 10.3. The van der Waals surface area contributed by atoms with E-state index in [1.807, 2.05) is 0 Å². The third-order valence-corrected chi connectivity index (χ3v) is 4.63. The second-order valence-electron chi connectivity index (χ2n) is 3.14. The molecule has 1 aromatic carbocycles. The average molecular weight is 265 g/mol. The van der Waals surface area contributed by atoms with Gasteiger partial charge in [0, 0.05) is 0 Å². The maximum Gasteiger partial charge on any atom is 0.265 e. The van der Waals surface area contributed by atoms with Gasteiger partial charge in [-0.05, 0) is 12.1 Å². The fourth-order valence-electron chi connectivity index (χ4n) is 1.09. The maximum absolute atomic E-state index is 11.6. The zero-order valence-corrected chi connectivity index (χ0v) is 9.83. The summed E-state index contributed by atoms with van der Waals surface area (Å²) in [6.45, 7) is 0. The number of rotatable bonds is 4. The van der Waals surface area contributed by atoms with Crippen molar-refractivity contribution in [1.29, 1.82) is 0 Å². The number of anilines is 1. The normalized spacial score (nSPS) is 12.6. The molecule has 6 nitrogen and oxygen atoms in total. The first-order valence-electron chi connectivity index (χ1n) is 4.25. The van der Waals surface area contributed by atoms with Gasteiger partial charge in [-0.15, -0.1) is 0 Å². The minimum atomic E-state index is -4.30. The van der Waals surface area contributed by atoms with E-state index in [0.29, 0.717) is 0 Å². The Balaban J connectivity index is 3.01. The van der Waals surface area contributed by atoms with E-state index in [2.05, 4.69) is 0 Å². The lowest BCUT2D eigenvalue weighted by Gasteiger charge is -2.05. The van der Waals surface area contributed by atoms with Crippen LogP contribution in [0.4, 0.5) is 5.69 Å². The van der Waals surface area contributed by atoms with Crippen molar-refractivity contribution in [1.82, 2.24) is 0 Å². The second kappa shape index (κ2) is 4.40. The molecule has 0 heterocycles. The second-order valence-corrected chi connectivity index (χ2v) is 6.79. The summed E-state index contributed by atoms with van der Waals surface area (Å²) >= 11 is 0. The van der Waals surface area contributed by atoms with Gasteiger partial charge >= 0.3 is 0 Å². The molecule has 0 saturated carbocycles. The summed E-state index contributed by atoms with van der Waals surface area (Å²) in [7, 11) is -8.09. The molecule has 0 spiro atoms. The van der Waals surface area contributed by atoms with Gasteiger partial charge in [0.15, 0.2) is 9.84 Å². The summed E-state index contributed by atoms with van der Waals surface area (Å²) in [6, 6.07) is 5.74. The maximum atomic E-state index is 11.6. The summed E-state index contributed by atoms with van der Waals surface area (Å²) in [4.78, 5) is -0.126. The van der Waals surface area contributed by atoms with Crippen molar-refractivity contribution >= 4 is 25.6 Å². The minimum Gasteiger partial charge on any atom is -0.398 e. The van der Waals surface area contributed by atoms with Gasteiger partial charge in [-0.2, -0.15) is 8.42 Å². The third kappa shape index (κ3) is 3.47. The Kier molecular flexibility index (Phi) is 3.56. The van der Waals surface area contributed by atoms with Crippen molar-refractivity contribution in [3.8, 4) is 0 Å². The molecule has 0 amide bonds. The fraction of sp³-hybridized carbons (Fsp3) is 0.250. The molecule has 0 aromatic heterocycles. The van der Waals surface area contributed by atoms with Crippen LogP contribution in [0.2, 0.25) is 0 Å². The van der Waals surface area contributed by atoms with Crippen LogP contribution in [0, 0.1) is 0 Å². The molecular weight excluding hydrogens is 254 g/mol. The Morgan fingerprint density at radius 2 is 1.62 bits per heavy atom. The molecule has 8 heteroatoms. The number of nitrogen functional groups attached to an aromatic ring is 1. The molecule has 16 heavy (non-hydrogen) atoms. The third-order valence-electron chi connectivity index (χ3n) is 1.86. The van der Waals surface area contributed by atoms with E-state index in [1.54, 1.807) is 6.07 Å². The van der Waals surface area contributed by atoms with Crippen LogP contribution >= 0.6 is 0 Å². The smallest absolute Gasteiger partial charge is 0.265 e. The Morgan fingerprint density at radius 3 is 2.12 bits per heavy atom. The average Bonchev–Trinajstić information content (AvgIpc) is 2.14. The first-order valence-corrected chi connectivity index (χ1v) is 7.51. The standard InChI is InChI=1S/C8H11NO5S2/c9-7-3-1-2-4-8(7)15(10,11)5-6-16(12,13)14/h1-4H,5-6,9H2,(H,12,13,14). The van der Waals surface area contributed by atoms with Crippen LogP contribution in [-0.4, -0.2) is 32.9 Å². The van der Waals surface area contributed by atoms with Gasteiger partial charge in [-0.1, -0.05) is 12.1 Å². The quantitative estimate of drug-likeness (QED) is 0.581. The Morgan fingerprint density at radius 1 is 1.06 bits per heavy atom. The topological polar surface area (TPSA) is 115 Å².